The van der Waals surface area contributed by atoms with Gasteiger partial charge in [-0.15, -0.1) is 4.40 Å². The van der Waals surface area contributed by atoms with Crippen molar-refractivity contribution in [3.63, 3.8) is 0 Å². The molecule has 2 aromatic carbocycles. The molecule has 8 nitrogen and oxygen atoms in total. The Morgan fingerprint density at radius 3 is 2.75 bits per heavy atom. The lowest BCUT2D eigenvalue weighted by Crippen LogP contribution is -2.27. The molecule has 0 amide bonds. The van der Waals surface area contributed by atoms with Crippen LogP contribution in [-0.2, 0) is 14.8 Å². The number of nitrogens with zero attached hydrogens (tertiary/aromatic N) is 3. The molecular weight excluding hydrogens is 382 g/mol. The summed E-state index contributed by atoms with van der Waals surface area (Å²) < 4.78 is 38.8. The molecule has 0 aliphatic carbocycles. The van der Waals surface area contributed by atoms with Crippen LogP contribution in [0.25, 0.3) is 0 Å². The van der Waals surface area contributed by atoms with E-state index < -0.39 is 10.0 Å². The summed E-state index contributed by atoms with van der Waals surface area (Å²) in [6, 6.07) is 11.5. The molecule has 28 heavy (non-hydrogen) atoms. The highest BCUT2D eigenvalue weighted by Crippen LogP contribution is 2.28. The summed E-state index contributed by atoms with van der Waals surface area (Å²) in [6.07, 6.45) is 2.19. The van der Waals surface area contributed by atoms with Crippen LogP contribution in [0.15, 0.2) is 56.9 Å². The summed E-state index contributed by atoms with van der Waals surface area (Å²) in [7, 11) is -0.681. The Morgan fingerprint density at radius 1 is 1.21 bits per heavy atom. The van der Waals surface area contributed by atoms with Crippen molar-refractivity contribution in [2.75, 3.05) is 27.4 Å². The van der Waals surface area contributed by atoms with Gasteiger partial charge < -0.3 is 14.6 Å². The Bertz CT molecular complexity index is 1020. The minimum absolute atomic E-state index is 0.0248. The molecule has 9 heteroatoms. The van der Waals surface area contributed by atoms with Crippen LogP contribution in [0.4, 0.5) is 0 Å². The maximum atomic E-state index is 12.4. The molecule has 0 unspecified atom stereocenters. The van der Waals surface area contributed by atoms with Crippen LogP contribution in [0.1, 0.15) is 17.5 Å². The second-order valence-electron chi connectivity index (χ2n) is 6.03. The van der Waals surface area contributed by atoms with E-state index in [9.17, 15) is 13.5 Å². The van der Waals surface area contributed by atoms with Gasteiger partial charge in [0.15, 0.2) is 17.3 Å². The van der Waals surface area contributed by atoms with Gasteiger partial charge in [-0.25, -0.2) is 5.01 Å². The third kappa shape index (κ3) is 4.15. The SMILES string of the molecule is COCCCN(/N=C/c1ccc(O)c(OC)c1)C1=NS(=O)(=O)c2ccccc21. The molecule has 1 N–H and O–H groups in total. The van der Waals surface area contributed by atoms with Crippen molar-refractivity contribution < 1.29 is 23.0 Å². The van der Waals surface area contributed by atoms with Crippen LogP contribution >= 0.6 is 0 Å². The second-order valence-corrected chi connectivity index (χ2v) is 7.60. The molecule has 0 aromatic heterocycles. The molecular formula is C19H21N3O5S. The zero-order valence-corrected chi connectivity index (χ0v) is 16.4. The predicted molar refractivity (Wildman–Crippen MR) is 106 cm³/mol. The molecule has 0 spiro atoms. The summed E-state index contributed by atoms with van der Waals surface area (Å²) in [4.78, 5) is 0.170. The maximum Gasteiger partial charge on any atom is 0.285 e. The summed E-state index contributed by atoms with van der Waals surface area (Å²) in [5.74, 6) is 0.617. The lowest BCUT2D eigenvalue weighted by molar-refractivity contribution is 0.187. The summed E-state index contributed by atoms with van der Waals surface area (Å²) in [5.41, 5.74) is 1.20. The van der Waals surface area contributed by atoms with E-state index in [-0.39, 0.29) is 16.5 Å². The topological polar surface area (TPSA) is 101 Å². The highest BCUT2D eigenvalue weighted by atomic mass is 32.2. The van der Waals surface area contributed by atoms with E-state index in [1.807, 2.05) is 0 Å². The zero-order chi connectivity index (χ0) is 20.1. The Kier molecular flexibility index (Phi) is 5.96. The van der Waals surface area contributed by atoms with Crippen molar-refractivity contribution in [3.05, 3.63) is 53.6 Å². The van der Waals surface area contributed by atoms with Crippen LogP contribution < -0.4 is 4.74 Å². The number of hydrogen-bond donors (Lipinski definition) is 1. The fraction of sp³-hybridized carbons (Fsp3) is 0.263. The smallest absolute Gasteiger partial charge is 0.285 e. The highest BCUT2D eigenvalue weighted by molar-refractivity contribution is 7.90. The van der Waals surface area contributed by atoms with E-state index in [0.29, 0.717) is 36.4 Å². The van der Waals surface area contributed by atoms with Gasteiger partial charge in [0, 0.05) is 25.8 Å². The number of phenolic OH excluding ortho intramolecular Hbond substituents is 1. The van der Waals surface area contributed by atoms with Crippen molar-refractivity contribution >= 4 is 22.1 Å². The largest absolute Gasteiger partial charge is 0.504 e. The molecule has 0 saturated carbocycles. The molecule has 0 bridgehead atoms. The van der Waals surface area contributed by atoms with Crippen LogP contribution in [0, 0.1) is 0 Å². The van der Waals surface area contributed by atoms with Crippen molar-refractivity contribution in [2.45, 2.75) is 11.3 Å². The highest BCUT2D eigenvalue weighted by Gasteiger charge is 2.31. The molecule has 3 rings (SSSR count). The summed E-state index contributed by atoms with van der Waals surface area (Å²) in [5, 5.41) is 15.7. The van der Waals surface area contributed by atoms with Crippen LogP contribution in [0.5, 0.6) is 11.5 Å². The molecule has 1 aliphatic heterocycles. The molecule has 148 valence electrons. The van der Waals surface area contributed by atoms with Crippen LogP contribution in [-0.4, -0.2) is 58.0 Å². The van der Waals surface area contributed by atoms with E-state index in [2.05, 4.69) is 9.50 Å². The first-order valence-corrected chi connectivity index (χ1v) is 10.0. The van der Waals surface area contributed by atoms with Crippen molar-refractivity contribution in [3.8, 4) is 11.5 Å². The van der Waals surface area contributed by atoms with E-state index in [4.69, 9.17) is 9.47 Å². The van der Waals surface area contributed by atoms with Gasteiger partial charge in [-0.2, -0.15) is 13.5 Å². The molecule has 0 fully saturated rings. The summed E-state index contributed by atoms with van der Waals surface area (Å²) >= 11 is 0. The third-order valence-electron chi connectivity index (χ3n) is 4.13. The van der Waals surface area contributed by atoms with Gasteiger partial charge in [0.25, 0.3) is 10.0 Å². The molecule has 1 heterocycles. The molecule has 2 aromatic rings. The number of fused-ring (bicyclic) bond motifs is 1. The minimum Gasteiger partial charge on any atom is -0.504 e. The van der Waals surface area contributed by atoms with Crippen LogP contribution in [0.3, 0.4) is 0 Å². The number of hydrogen-bond acceptors (Lipinski definition) is 7. The van der Waals surface area contributed by atoms with Gasteiger partial charge in [0.1, 0.15) is 4.90 Å². The van der Waals surface area contributed by atoms with E-state index in [1.54, 1.807) is 48.7 Å². The van der Waals surface area contributed by atoms with E-state index in [0.717, 1.165) is 0 Å². The van der Waals surface area contributed by atoms with E-state index >= 15 is 0 Å². The van der Waals surface area contributed by atoms with Gasteiger partial charge in [0.05, 0.1) is 13.3 Å². The number of benzene rings is 2. The number of sulfonamides is 1. The molecule has 0 atom stereocenters. The lowest BCUT2D eigenvalue weighted by atomic mass is 10.2. The van der Waals surface area contributed by atoms with Gasteiger partial charge in [-0.05, 0) is 42.3 Å². The molecule has 0 saturated heterocycles. The number of phenols is 1. The van der Waals surface area contributed by atoms with Crippen molar-refractivity contribution in [2.24, 2.45) is 9.50 Å². The molecule has 1 aliphatic rings. The first-order valence-electron chi connectivity index (χ1n) is 8.58. The number of methoxy groups -OCH3 is 2. The Hall–Kier alpha value is -2.91. The first-order chi connectivity index (χ1) is 13.5. The molecule has 0 radical (unpaired) electrons. The van der Waals surface area contributed by atoms with Gasteiger partial charge >= 0.3 is 0 Å². The third-order valence-corrected chi connectivity index (χ3v) is 5.45. The quantitative estimate of drug-likeness (QED) is 0.432. The number of amidine groups is 1. The zero-order valence-electron chi connectivity index (χ0n) is 15.6. The number of hydrazone groups is 1. The van der Waals surface area contributed by atoms with Gasteiger partial charge in [-0.1, -0.05) is 12.1 Å². The second kappa shape index (κ2) is 8.41. The average molecular weight is 403 g/mol. The Balaban J connectivity index is 1.94. The van der Waals surface area contributed by atoms with Crippen molar-refractivity contribution in [1.82, 2.24) is 5.01 Å². The minimum atomic E-state index is -3.74. The van der Waals surface area contributed by atoms with E-state index in [1.165, 1.54) is 19.2 Å². The summed E-state index contributed by atoms with van der Waals surface area (Å²) in [6.45, 7) is 0.920. The Labute approximate surface area is 163 Å². The number of rotatable bonds is 7. The van der Waals surface area contributed by atoms with Gasteiger partial charge in [0.2, 0.25) is 0 Å². The predicted octanol–water partition coefficient (Wildman–Crippen LogP) is 2.22. The first kappa shape index (κ1) is 19.8. The maximum absolute atomic E-state index is 12.4. The van der Waals surface area contributed by atoms with Crippen LogP contribution in [0.2, 0.25) is 0 Å². The van der Waals surface area contributed by atoms with Crippen molar-refractivity contribution in [1.29, 1.82) is 0 Å². The fourth-order valence-corrected chi connectivity index (χ4v) is 3.97. The standard InChI is InChI=1S/C19H21N3O5S/c1-26-11-5-10-22(20-13-14-8-9-16(23)17(12-14)27-2)19-15-6-3-4-7-18(15)28(24,25)21-19/h3-4,6-9,12-13,23H,5,10-11H2,1-2H3/b20-13+. The van der Waals surface area contributed by atoms with Gasteiger partial charge in [-0.3, -0.25) is 0 Å². The fourth-order valence-electron chi connectivity index (χ4n) is 2.76. The Morgan fingerprint density at radius 2 is 2.00 bits per heavy atom. The lowest BCUT2D eigenvalue weighted by Gasteiger charge is -2.18. The monoisotopic (exact) mass is 403 g/mol. The number of aromatic hydroxyl groups is 1. The normalized spacial score (nSPS) is 14.7. The average Bonchev–Trinajstić information content (AvgIpc) is 2.97. The number of ether oxygens (including phenoxy) is 2.